The Hall–Kier alpha value is -1.53. The SMILES string of the molecule is O=C(N1CCO[C@@H]2C[C@@H](COCc3ccncc3)C[C@H]21)C1(F)CCC1. The Kier molecular flexibility index (Phi) is 4.73. The Morgan fingerprint density at radius 3 is 2.88 bits per heavy atom. The highest BCUT2D eigenvalue weighted by molar-refractivity contribution is 5.86. The summed E-state index contributed by atoms with van der Waals surface area (Å²) in [5, 5.41) is 0. The van der Waals surface area contributed by atoms with Gasteiger partial charge >= 0.3 is 0 Å². The fourth-order valence-corrected chi connectivity index (χ4v) is 4.22. The highest BCUT2D eigenvalue weighted by atomic mass is 19.1. The van der Waals surface area contributed by atoms with Crippen molar-refractivity contribution in [3.8, 4) is 0 Å². The fourth-order valence-electron chi connectivity index (χ4n) is 4.22. The Labute approximate surface area is 147 Å². The molecule has 2 heterocycles. The van der Waals surface area contributed by atoms with Gasteiger partial charge in [0.05, 0.1) is 32.0 Å². The first-order valence-electron chi connectivity index (χ1n) is 9.24. The second-order valence-corrected chi connectivity index (χ2v) is 7.50. The van der Waals surface area contributed by atoms with Crippen molar-refractivity contribution in [3.05, 3.63) is 30.1 Å². The van der Waals surface area contributed by atoms with Crippen LogP contribution in [0.25, 0.3) is 0 Å². The van der Waals surface area contributed by atoms with Gasteiger partial charge in [-0.25, -0.2) is 4.39 Å². The van der Waals surface area contributed by atoms with Crippen LogP contribution in [0.1, 0.15) is 37.7 Å². The number of ether oxygens (including phenoxy) is 2. The predicted molar refractivity (Wildman–Crippen MR) is 89.5 cm³/mol. The number of fused-ring (bicyclic) bond motifs is 1. The molecule has 1 aromatic rings. The smallest absolute Gasteiger partial charge is 0.260 e. The van der Waals surface area contributed by atoms with Gasteiger partial charge in [-0.2, -0.15) is 0 Å². The minimum absolute atomic E-state index is 0.00370. The van der Waals surface area contributed by atoms with E-state index in [-0.39, 0.29) is 18.1 Å². The third kappa shape index (κ3) is 3.42. The van der Waals surface area contributed by atoms with Gasteiger partial charge in [-0.15, -0.1) is 0 Å². The van der Waals surface area contributed by atoms with Crippen LogP contribution in [0.2, 0.25) is 0 Å². The average Bonchev–Trinajstić information content (AvgIpc) is 3.03. The van der Waals surface area contributed by atoms with Gasteiger partial charge in [0, 0.05) is 18.9 Å². The van der Waals surface area contributed by atoms with Crippen molar-refractivity contribution in [1.29, 1.82) is 0 Å². The lowest BCUT2D eigenvalue weighted by Crippen LogP contribution is -2.58. The molecule has 1 aromatic heterocycles. The standard InChI is InChI=1S/C19H25FN2O3/c20-19(4-1-5-19)18(23)22-8-9-25-17-11-15(10-16(17)22)13-24-12-14-2-6-21-7-3-14/h2-3,6-7,15-17H,1,4-5,8-13H2/t15-,16+,17+/m0/s1. The molecule has 25 heavy (non-hydrogen) atoms. The van der Waals surface area contributed by atoms with Gasteiger partial charge in [0.2, 0.25) is 0 Å². The number of hydrogen-bond donors (Lipinski definition) is 0. The Balaban J connectivity index is 1.32. The van der Waals surface area contributed by atoms with E-state index in [1.807, 2.05) is 12.1 Å². The second-order valence-electron chi connectivity index (χ2n) is 7.50. The Bertz CT molecular complexity index is 608. The number of aromatic nitrogens is 1. The lowest BCUT2D eigenvalue weighted by Gasteiger charge is -2.43. The van der Waals surface area contributed by atoms with E-state index in [1.165, 1.54) is 0 Å². The van der Waals surface area contributed by atoms with Crippen molar-refractivity contribution in [1.82, 2.24) is 9.88 Å². The number of hydrogen-bond acceptors (Lipinski definition) is 4. The highest BCUT2D eigenvalue weighted by Crippen LogP contribution is 2.41. The van der Waals surface area contributed by atoms with Gasteiger partial charge < -0.3 is 14.4 Å². The molecular formula is C19H25FN2O3. The third-order valence-corrected chi connectivity index (χ3v) is 5.80. The molecule has 0 aromatic carbocycles. The molecule has 0 N–H and O–H groups in total. The zero-order chi connectivity index (χ0) is 17.3. The van der Waals surface area contributed by atoms with Crippen LogP contribution in [0, 0.1) is 5.92 Å². The number of carbonyl (C=O) groups excluding carboxylic acids is 1. The summed E-state index contributed by atoms with van der Waals surface area (Å²) < 4.78 is 26.3. The summed E-state index contributed by atoms with van der Waals surface area (Å²) in [7, 11) is 0. The first kappa shape index (κ1) is 16.9. The molecule has 1 aliphatic heterocycles. The van der Waals surface area contributed by atoms with Crippen LogP contribution < -0.4 is 0 Å². The van der Waals surface area contributed by atoms with Crippen LogP contribution in [0.3, 0.4) is 0 Å². The molecule has 0 bridgehead atoms. The quantitative estimate of drug-likeness (QED) is 0.820. The molecule has 2 aliphatic carbocycles. The normalized spacial score (nSPS) is 30.6. The summed E-state index contributed by atoms with van der Waals surface area (Å²) >= 11 is 0. The molecule has 3 aliphatic rings. The first-order chi connectivity index (χ1) is 12.2. The molecule has 3 atom stereocenters. The van der Waals surface area contributed by atoms with Gasteiger partial charge in [0.15, 0.2) is 5.67 Å². The van der Waals surface area contributed by atoms with Crippen LogP contribution in [-0.4, -0.2) is 53.4 Å². The molecule has 136 valence electrons. The van der Waals surface area contributed by atoms with Crippen molar-refractivity contribution in [2.45, 2.75) is 56.5 Å². The molecule has 0 radical (unpaired) electrons. The van der Waals surface area contributed by atoms with E-state index >= 15 is 0 Å². The maximum Gasteiger partial charge on any atom is 0.260 e. The van der Waals surface area contributed by atoms with E-state index in [9.17, 15) is 9.18 Å². The number of halogens is 1. The second kappa shape index (κ2) is 7.00. The van der Waals surface area contributed by atoms with Crippen molar-refractivity contribution in [2.24, 2.45) is 5.92 Å². The monoisotopic (exact) mass is 348 g/mol. The number of carbonyl (C=O) groups is 1. The number of rotatable bonds is 5. The zero-order valence-electron chi connectivity index (χ0n) is 14.4. The fraction of sp³-hybridized carbons (Fsp3) is 0.684. The summed E-state index contributed by atoms with van der Waals surface area (Å²) in [4.78, 5) is 18.4. The molecule has 3 fully saturated rings. The number of pyridine rings is 1. The highest BCUT2D eigenvalue weighted by Gasteiger charge is 2.51. The van der Waals surface area contributed by atoms with Crippen LogP contribution in [-0.2, 0) is 20.9 Å². The van der Waals surface area contributed by atoms with Crippen LogP contribution in [0.5, 0.6) is 0 Å². The summed E-state index contributed by atoms with van der Waals surface area (Å²) in [5.74, 6) is 0.0394. The molecule has 0 spiro atoms. The summed E-state index contributed by atoms with van der Waals surface area (Å²) in [6.07, 6.45) is 6.81. The topological polar surface area (TPSA) is 51.7 Å². The van der Waals surface area contributed by atoms with Gasteiger partial charge in [0.25, 0.3) is 5.91 Å². The number of morpholine rings is 1. The molecular weight excluding hydrogens is 323 g/mol. The van der Waals surface area contributed by atoms with E-state index in [2.05, 4.69) is 4.98 Å². The minimum Gasteiger partial charge on any atom is -0.376 e. The lowest BCUT2D eigenvalue weighted by molar-refractivity contribution is -0.162. The van der Waals surface area contributed by atoms with Crippen molar-refractivity contribution in [3.63, 3.8) is 0 Å². The van der Waals surface area contributed by atoms with Crippen molar-refractivity contribution < 1.29 is 18.7 Å². The van der Waals surface area contributed by atoms with E-state index in [4.69, 9.17) is 9.47 Å². The van der Waals surface area contributed by atoms with Crippen LogP contribution in [0.4, 0.5) is 4.39 Å². The van der Waals surface area contributed by atoms with E-state index in [1.54, 1.807) is 17.3 Å². The Morgan fingerprint density at radius 2 is 2.16 bits per heavy atom. The average molecular weight is 348 g/mol. The first-order valence-corrected chi connectivity index (χ1v) is 9.24. The van der Waals surface area contributed by atoms with Crippen LogP contribution >= 0.6 is 0 Å². The van der Waals surface area contributed by atoms with E-state index in [0.717, 1.165) is 24.8 Å². The molecule has 6 heteroatoms. The maximum absolute atomic E-state index is 14.6. The molecule has 0 unspecified atom stereocenters. The number of nitrogens with zero attached hydrogens (tertiary/aromatic N) is 2. The van der Waals surface area contributed by atoms with Gasteiger partial charge in [-0.05, 0) is 55.7 Å². The maximum atomic E-state index is 14.6. The molecule has 5 nitrogen and oxygen atoms in total. The molecule has 1 saturated heterocycles. The summed E-state index contributed by atoms with van der Waals surface area (Å²) in [5.41, 5.74) is -0.513. The number of alkyl halides is 1. The molecule has 4 rings (SSSR count). The molecule has 1 amide bonds. The van der Waals surface area contributed by atoms with Crippen molar-refractivity contribution in [2.75, 3.05) is 19.8 Å². The van der Waals surface area contributed by atoms with Gasteiger partial charge in [0.1, 0.15) is 0 Å². The largest absolute Gasteiger partial charge is 0.376 e. The van der Waals surface area contributed by atoms with Gasteiger partial charge in [-0.1, -0.05) is 0 Å². The van der Waals surface area contributed by atoms with E-state index < -0.39 is 5.67 Å². The molecule has 2 saturated carbocycles. The third-order valence-electron chi connectivity index (χ3n) is 5.80. The predicted octanol–water partition coefficient (Wildman–Crippen LogP) is 2.50. The van der Waals surface area contributed by atoms with Crippen molar-refractivity contribution >= 4 is 5.91 Å². The lowest BCUT2D eigenvalue weighted by atomic mass is 9.80. The Morgan fingerprint density at radius 1 is 1.36 bits per heavy atom. The van der Waals surface area contributed by atoms with Crippen LogP contribution in [0.15, 0.2) is 24.5 Å². The van der Waals surface area contributed by atoms with E-state index in [0.29, 0.717) is 45.1 Å². The summed E-state index contributed by atoms with van der Waals surface area (Å²) in [6.45, 7) is 2.22. The summed E-state index contributed by atoms with van der Waals surface area (Å²) in [6, 6.07) is 3.89. The number of amides is 1. The van der Waals surface area contributed by atoms with Gasteiger partial charge in [-0.3, -0.25) is 9.78 Å². The minimum atomic E-state index is -1.61. The zero-order valence-corrected chi connectivity index (χ0v) is 14.4.